The van der Waals surface area contributed by atoms with E-state index < -0.39 is 25.2 Å². The summed E-state index contributed by atoms with van der Waals surface area (Å²) < 4.78 is 43.7. The van der Waals surface area contributed by atoms with E-state index in [1.54, 1.807) is 0 Å². The molecule has 16 heavy (non-hydrogen) atoms. The maximum absolute atomic E-state index is 11.9. The Kier molecular flexibility index (Phi) is 3.90. The van der Waals surface area contributed by atoms with E-state index in [4.69, 9.17) is 21.6 Å². The van der Waals surface area contributed by atoms with Crippen molar-refractivity contribution in [2.24, 2.45) is 0 Å². The molecule has 0 aliphatic heterocycles. The number of hydrogen-bond donors (Lipinski definition) is 2. The Morgan fingerprint density at radius 1 is 1.25 bits per heavy atom. The van der Waals surface area contributed by atoms with Gasteiger partial charge in [-0.05, 0) is 12.1 Å². The Balaban J connectivity index is 3.03. The first-order valence-corrected chi connectivity index (χ1v) is 4.24. The highest BCUT2D eigenvalue weighted by Gasteiger charge is 2.33. The van der Waals surface area contributed by atoms with Gasteiger partial charge in [0.2, 0.25) is 0 Å². The van der Waals surface area contributed by atoms with E-state index in [0.29, 0.717) is 0 Å². The number of rotatable bonds is 3. The highest BCUT2D eigenvalue weighted by Crippen LogP contribution is 2.37. The van der Waals surface area contributed by atoms with Crippen molar-refractivity contribution in [2.75, 3.05) is 0 Å². The first-order valence-electron chi connectivity index (χ1n) is 3.86. The third kappa shape index (κ3) is 3.80. The zero-order chi connectivity index (χ0) is 12.3. The Labute approximate surface area is 93.3 Å². The summed E-state index contributed by atoms with van der Waals surface area (Å²) in [5, 5.41) is 16.7. The van der Waals surface area contributed by atoms with Crippen LogP contribution in [0.1, 0.15) is 0 Å². The van der Waals surface area contributed by atoms with Gasteiger partial charge in [-0.25, -0.2) is 0 Å². The largest absolute Gasteiger partial charge is 0.707 e. The summed E-state index contributed by atoms with van der Waals surface area (Å²) in [4.78, 5) is 0. The van der Waals surface area contributed by atoms with Crippen molar-refractivity contribution < 1.29 is 32.6 Å². The smallest absolute Gasteiger partial charge is 0.508 e. The summed E-state index contributed by atoms with van der Waals surface area (Å²) in [7, 11) is -2.30. The number of ether oxygens (including phenoxy) is 1. The fourth-order valence-corrected chi connectivity index (χ4v) is 1.12. The third-order valence-electron chi connectivity index (χ3n) is 1.38. The molecule has 0 heterocycles. The first kappa shape index (κ1) is 13.0. The van der Waals surface area contributed by atoms with Crippen LogP contribution in [0.25, 0.3) is 0 Å². The second-order valence-electron chi connectivity index (χ2n) is 2.56. The van der Waals surface area contributed by atoms with E-state index in [1.165, 1.54) is 12.1 Å². The lowest BCUT2D eigenvalue weighted by atomic mass is 10.2. The number of alkyl halides is 3. The predicted molar refractivity (Wildman–Crippen MR) is 49.0 cm³/mol. The molecular weight excluding hydrogens is 251 g/mol. The molecule has 0 spiro atoms. The molecule has 0 amide bonds. The molecular formula is C7H5BClF3O4. The van der Waals surface area contributed by atoms with Crippen LogP contribution in [0.3, 0.4) is 0 Å². The molecule has 0 aromatic heterocycles. The molecule has 0 unspecified atom stereocenters. The van der Waals surface area contributed by atoms with Gasteiger partial charge in [-0.2, -0.15) is 0 Å². The van der Waals surface area contributed by atoms with E-state index >= 15 is 0 Å². The van der Waals surface area contributed by atoms with Crippen LogP contribution in [0, 0.1) is 0 Å². The minimum absolute atomic E-state index is 0.241. The Morgan fingerprint density at radius 2 is 1.88 bits per heavy atom. The number of halogens is 4. The fraction of sp³-hybridized carbons (Fsp3) is 0.143. The van der Waals surface area contributed by atoms with Gasteiger partial charge in [0.15, 0.2) is 11.5 Å². The lowest BCUT2D eigenvalue weighted by Crippen LogP contribution is -2.23. The minimum Gasteiger partial charge on any atom is -0.508 e. The van der Waals surface area contributed by atoms with Gasteiger partial charge in [0.1, 0.15) is 0 Å². The van der Waals surface area contributed by atoms with E-state index in [2.05, 4.69) is 9.39 Å². The molecule has 1 aromatic rings. The molecule has 0 bridgehead atoms. The van der Waals surface area contributed by atoms with Crippen LogP contribution in [0.5, 0.6) is 11.5 Å². The van der Waals surface area contributed by atoms with Gasteiger partial charge in [-0.3, -0.25) is 0 Å². The quantitative estimate of drug-likeness (QED) is 0.806. The molecule has 2 N–H and O–H groups in total. The third-order valence-corrected chi connectivity index (χ3v) is 1.68. The molecule has 0 radical (unpaired) electrons. The standard InChI is InChI=1S/C7H5BClF3O4/c9-4-2-1-3-5(15-7(10,11)12)6(4)16-8(13)14/h1-3,13-14H. The lowest BCUT2D eigenvalue weighted by molar-refractivity contribution is -0.275. The van der Waals surface area contributed by atoms with Gasteiger partial charge in [0.25, 0.3) is 0 Å². The maximum atomic E-state index is 11.9. The molecule has 88 valence electrons. The number of hydrogen-bond acceptors (Lipinski definition) is 4. The van der Waals surface area contributed by atoms with Gasteiger partial charge in [0, 0.05) is 0 Å². The lowest BCUT2D eigenvalue weighted by Gasteiger charge is -2.14. The Hall–Kier alpha value is -1.12. The summed E-state index contributed by atoms with van der Waals surface area (Å²) in [6, 6.07) is 3.33. The highest BCUT2D eigenvalue weighted by molar-refractivity contribution is 6.36. The number of benzene rings is 1. The van der Waals surface area contributed by atoms with Gasteiger partial charge < -0.3 is 19.4 Å². The van der Waals surface area contributed by atoms with Crippen LogP contribution in [0.4, 0.5) is 13.2 Å². The fourth-order valence-electron chi connectivity index (χ4n) is 0.914. The number of para-hydroxylation sites is 1. The van der Waals surface area contributed by atoms with Crippen molar-refractivity contribution in [1.82, 2.24) is 0 Å². The summed E-state index contributed by atoms with van der Waals surface area (Å²) in [6.45, 7) is 0. The molecule has 0 atom stereocenters. The van der Waals surface area contributed by atoms with E-state index in [1.807, 2.05) is 0 Å². The topological polar surface area (TPSA) is 58.9 Å². The van der Waals surface area contributed by atoms with Crippen LogP contribution in [0.2, 0.25) is 5.02 Å². The summed E-state index contributed by atoms with van der Waals surface area (Å²) >= 11 is 5.51. The van der Waals surface area contributed by atoms with Crippen LogP contribution >= 0.6 is 11.6 Å². The molecule has 0 fully saturated rings. The van der Waals surface area contributed by atoms with Crippen molar-refractivity contribution >= 4 is 18.9 Å². The van der Waals surface area contributed by atoms with Crippen LogP contribution in [-0.2, 0) is 0 Å². The van der Waals surface area contributed by atoms with Crippen molar-refractivity contribution in [3.8, 4) is 11.5 Å². The average molecular weight is 256 g/mol. The van der Waals surface area contributed by atoms with Crippen LogP contribution in [-0.4, -0.2) is 23.7 Å². The molecule has 9 heteroatoms. The summed E-state index contributed by atoms with van der Waals surface area (Å²) in [6.07, 6.45) is -4.93. The normalized spacial score (nSPS) is 11.1. The Bertz CT molecular complexity index is 371. The molecule has 0 saturated heterocycles. The second kappa shape index (κ2) is 4.81. The van der Waals surface area contributed by atoms with Crippen molar-refractivity contribution in [3.05, 3.63) is 23.2 Å². The SMILES string of the molecule is OB(O)Oc1c(Cl)cccc1OC(F)(F)F. The van der Waals surface area contributed by atoms with Gasteiger partial charge in [-0.1, -0.05) is 17.7 Å². The highest BCUT2D eigenvalue weighted by atomic mass is 35.5. The van der Waals surface area contributed by atoms with Crippen LogP contribution < -0.4 is 9.39 Å². The molecule has 4 nitrogen and oxygen atoms in total. The maximum Gasteiger partial charge on any atom is 0.707 e. The van der Waals surface area contributed by atoms with Gasteiger partial charge >= 0.3 is 13.7 Å². The predicted octanol–water partition coefficient (Wildman–Crippen LogP) is 1.59. The van der Waals surface area contributed by atoms with Crippen molar-refractivity contribution in [3.63, 3.8) is 0 Å². The molecule has 1 rings (SSSR count). The van der Waals surface area contributed by atoms with Crippen molar-refractivity contribution in [1.29, 1.82) is 0 Å². The van der Waals surface area contributed by atoms with Gasteiger partial charge in [0.05, 0.1) is 5.02 Å². The first-order chi connectivity index (χ1) is 7.29. The zero-order valence-corrected chi connectivity index (χ0v) is 8.29. The minimum atomic E-state index is -4.93. The average Bonchev–Trinajstić information content (AvgIpc) is 2.08. The second-order valence-corrected chi connectivity index (χ2v) is 2.97. The monoisotopic (exact) mass is 256 g/mol. The van der Waals surface area contributed by atoms with Crippen molar-refractivity contribution in [2.45, 2.75) is 6.36 Å². The van der Waals surface area contributed by atoms with E-state index in [0.717, 1.165) is 6.07 Å². The molecule has 0 aliphatic carbocycles. The summed E-state index contributed by atoms with van der Waals surface area (Å²) in [5.41, 5.74) is 0. The zero-order valence-electron chi connectivity index (χ0n) is 7.53. The molecule has 1 aromatic carbocycles. The Morgan fingerprint density at radius 3 is 2.38 bits per heavy atom. The van der Waals surface area contributed by atoms with Gasteiger partial charge in [-0.15, -0.1) is 13.2 Å². The van der Waals surface area contributed by atoms with E-state index in [-0.39, 0.29) is 5.02 Å². The van der Waals surface area contributed by atoms with Crippen LogP contribution in [0.15, 0.2) is 18.2 Å². The molecule has 0 saturated carbocycles. The summed E-state index contributed by atoms with van der Waals surface area (Å²) in [5.74, 6) is -1.36. The molecule has 0 aliphatic rings. The van der Waals surface area contributed by atoms with E-state index in [9.17, 15) is 13.2 Å².